The van der Waals surface area contributed by atoms with Crippen LogP contribution in [0.3, 0.4) is 0 Å². The highest BCUT2D eigenvalue weighted by Gasteiger charge is 2.20. The van der Waals surface area contributed by atoms with Crippen molar-refractivity contribution >= 4 is 11.3 Å². The molecule has 3 aromatic rings. The Hall–Kier alpha value is -2.23. The van der Waals surface area contributed by atoms with Gasteiger partial charge in [0, 0.05) is 18.2 Å². The Labute approximate surface area is 118 Å². The van der Waals surface area contributed by atoms with Gasteiger partial charge in [-0.1, -0.05) is 51.1 Å². The monoisotopic (exact) mass is 266 g/mol. The lowest BCUT2D eigenvalue weighted by molar-refractivity contribution is -0.575. The van der Waals surface area contributed by atoms with Gasteiger partial charge in [0.2, 0.25) is 5.65 Å². The van der Waals surface area contributed by atoms with Crippen LogP contribution < -0.4 is 4.57 Å². The minimum absolute atomic E-state index is 0.0223. The number of para-hydroxylation sites is 1. The van der Waals surface area contributed by atoms with Crippen molar-refractivity contribution in [2.45, 2.75) is 26.2 Å². The molecule has 0 aliphatic heterocycles. The van der Waals surface area contributed by atoms with Gasteiger partial charge in [0.05, 0.1) is 6.20 Å². The Morgan fingerprint density at radius 1 is 1.15 bits per heavy atom. The number of benzene rings is 1. The average molecular weight is 266 g/mol. The van der Waals surface area contributed by atoms with Crippen LogP contribution in [0.2, 0.25) is 0 Å². The number of aryl methyl sites for hydroxylation is 1. The van der Waals surface area contributed by atoms with Gasteiger partial charge < -0.3 is 9.13 Å². The maximum Gasteiger partial charge on any atom is 0.202 e. The molecule has 4 nitrogen and oxygen atoms in total. The number of rotatable bonds is 1. The predicted octanol–water partition coefficient (Wildman–Crippen LogP) is 2.34. The fourth-order valence-electron chi connectivity index (χ4n) is 2.12. The molecule has 0 saturated heterocycles. The van der Waals surface area contributed by atoms with Gasteiger partial charge >= 0.3 is 0 Å². The molecule has 0 unspecified atom stereocenters. The van der Waals surface area contributed by atoms with Gasteiger partial charge in [-0.05, 0) is 0 Å². The summed E-state index contributed by atoms with van der Waals surface area (Å²) in [5.41, 5.74) is 3.67. The van der Waals surface area contributed by atoms with Crippen molar-refractivity contribution in [2.24, 2.45) is 7.05 Å². The molecule has 0 amide bonds. The molecule has 0 radical (unpaired) electrons. The van der Waals surface area contributed by atoms with Crippen molar-refractivity contribution in [2.75, 3.05) is 0 Å². The van der Waals surface area contributed by atoms with Gasteiger partial charge in [0.25, 0.3) is 0 Å². The van der Waals surface area contributed by atoms with E-state index in [1.54, 1.807) is 0 Å². The molecule has 0 fully saturated rings. The quantitative estimate of drug-likeness (QED) is 0.500. The van der Waals surface area contributed by atoms with Gasteiger partial charge in [-0.25, -0.2) is 0 Å². The minimum atomic E-state index is -0.0223. The second-order valence-corrected chi connectivity index (χ2v) is 5.98. The fraction of sp³-hybridized carbons (Fsp3) is 0.312. The maximum absolute atomic E-state index is 4.79. The molecular weight excluding hydrogens is 248 g/mol. The third-order valence-corrected chi connectivity index (χ3v) is 3.30. The first-order valence-corrected chi connectivity index (χ1v) is 6.69. The van der Waals surface area contributed by atoms with Crippen molar-refractivity contribution in [1.82, 2.24) is 14.5 Å². The molecular formula is C16H18N4. The lowest BCUT2D eigenvalue weighted by atomic mass is 9.93. The Bertz CT molecular complexity index is 751. The van der Waals surface area contributed by atoms with Crippen molar-refractivity contribution in [3.05, 3.63) is 48.5 Å². The SMILES string of the molecule is Cn1[c-][n+](-c2ccccc2)c2nc(C(C)(C)C)cnc21. The van der Waals surface area contributed by atoms with Crippen LogP contribution in [0.1, 0.15) is 26.5 Å². The Morgan fingerprint density at radius 3 is 2.50 bits per heavy atom. The lowest BCUT2D eigenvalue weighted by Crippen LogP contribution is -2.31. The zero-order chi connectivity index (χ0) is 14.3. The number of nitrogens with zero attached hydrogens (tertiary/aromatic N) is 4. The molecule has 0 bridgehead atoms. The van der Waals surface area contributed by atoms with E-state index in [0.29, 0.717) is 0 Å². The number of fused-ring (bicyclic) bond motifs is 1. The summed E-state index contributed by atoms with van der Waals surface area (Å²) in [5.74, 6) is 0. The summed E-state index contributed by atoms with van der Waals surface area (Å²) in [6.45, 7) is 6.42. The van der Waals surface area contributed by atoms with E-state index in [4.69, 9.17) is 4.98 Å². The highest BCUT2D eigenvalue weighted by Crippen LogP contribution is 2.20. The van der Waals surface area contributed by atoms with Gasteiger partial charge in [0.15, 0.2) is 12.0 Å². The largest absolute Gasteiger partial charge is 0.332 e. The van der Waals surface area contributed by atoms with E-state index < -0.39 is 0 Å². The third kappa shape index (κ3) is 2.07. The average Bonchev–Trinajstić information content (AvgIpc) is 2.76. The van der Waals surface area contributed by atoms with E-state index in [-0.39, 0.29) is 5.41 Å². The lowest BCUT2D eigenvalue weighted by Gasteiger charge is -2.15. The van der Waals surface area contributed by atoms with E-state index in [9.17, 15) is 0 Å². The van der Waals surface area contributed by atoms with E-state index in [0.717, 1.165) is 22.7 Å². The summed E-state index contributed by atoms with van der Waals surface area (Å²) in [6.07, 6.45) is 5.11. The molecule has 3 rings (SSSR count). The first kappa shape index (κ1) is 12.8. The van der Waals surface area contributed by atoms with E-state index in [1.165, 1.54) is 0 Å². The summed E-state index contributed by atoms with van der Waals surface area (Å²) in [4.78, 5) is 9.33. The molecule has 2 heterocycles. The molecule has 0 aliphatic carbocycles. The Kier molecular flexibility index (Phi) is 2.82. The van der Waals surface area contributed by atoms with Crippen LogP contribution in [-0.4, -0.2) is 14.5 Å². The number of hydrogen-bond donors (Lipinski definition) is 0. The second-order valence-electron chi connectivity index (χ2n) is 5.98. The molecule has 20 heavy (non-hydrogen) atoms. The number of imidazole rings is 1. The standard InChI is InChI=1S/C16H18N4/c1-16(2,3)13-10-17-14-15(18-13)20(11-19(14)4)12-8-6-5-7-9-12/h5-10H,1-4H3. The van der Waals surface area contributed by atoms with Crippen LogP contribution in [0.25, 0.3) is 17.0 Å². The van der Waals surface area contributed by atoms with Crippen LogP contribution in [0.15, 0.2) is 36.5 Å². The zero-order valence-electron chi connectivity index (χ0n) is 12.3. The number of aromatic nitrogens is 4. The van der Waals surface area contributed by atoms with Crippen LogP contribution in [0, 0.1) is 6.33 Å². The Balaban J connectivity index is 2.28. The summed E-state index contributed by atoms with van der Waals surface area (Å²) < 4.78 is 3.83. The normalized spacial score (nSPS) is 12.0. The smallest absolute Gasteiger partial charge is 0.202 e. The van der Waals surface area contributed by atoms with Crippen LogP contribution in [0.5, 0.6) is 0 Å². The summed E-state index contributed by atoms with van der Waals surface area (Å²) in [5, 5.41) is 0. The van der Waals surface area contributed by atoms with Gasteiger partial charge in [-0.15, -0.1) is 0 Å². The van der Waals surface area contributed by atoms with E-state index in [2.05, 4.69) is 32.1 Å². The van der Waals surface area contributed by atoms with Crippen molar-refractivity contribution in [3.63, 3.8) is 0 Å². The molecule has 2 aromatic heterocycles. The fourth-order valence-corrected chi connectivity index (χ4v) is 2.12. The van der Waals surface area contributed by atoms with E-state index in [1.807, 2.05) is 52.7 Å². The molecule has 0 N–H and O–H groups in total. The van der Waals surface area contributed by atoms with Crippen LogP contribution >= 0.6 is 0 Å². The van der Waals surface area contributed by atoms with Crippen molar-refractivity contribution in [3.8, 4) is 5.69 Å². The van der Waals surface area contributed by atoms with Crippen LogP contribution in [0.4, 0.5) is 0 Å². The maximum atomic E-state index is 4.79. The highest BCUT2D eigenvalue weighted by molar-refractivity contribution is 5.62. The summed E-state index contributed by atoms with van der Waals surface area (Å²) in [7, 11) is 1.94. The first-order valence-electron chi connectivity index (χ1n) is 6.69. The molecule has 0 atom stereocenters. The molecule has 0 spiro atoms. The van der Waals surface area contributed by atoms with Gasteiger partial charge in [0.1, 0.15) is 5.69 Å². The van der Waals surface area contributed by atoms with Gasteiger partial charge in [-0.2, -0.15) is 4.98 Å². The summed E-state index contributed by atoms with van der Waals surface area (Å²) >= 11 is 0. The number of hydrogen-bond acceptors (Lipinski definition) is 2. The molecule has 0 aliphatic rings. The molecule has 4 heteroatoms. The summed E-state index contributed by atoms with van der Waals surface area (Å²) in [6, 6.07) is 10.1. The highest BCUT2D eigenvalue weighted by atomic mass is 15.2. The van der Waals surface area contributed by atoms with Crippen molar-refractivity contribution in [1.29, 1.82) is 0 Å². The van der Waals surface area contributed by atoms with Crippen molar-refractivity contribution < 1.29 is 4.57 Å². The van der Waals surface area contributed by atoms with E-state index >= 15 is 0 Å². The minimum Gasteiger partial charge on any atom is -0.332 e. The van der Waals surface area contributed by atoms with Crippen LogP contribution in [-0.2, 0) is 12.5 Å². The third-order valence-electron chi connectivity index (χ3n) is 3.30. The molecule has 102 valence electrons. The van der Waals surface area contributed by atoms with Gasteiger partial charge in [-0.3, -0.25) is 4.98 Å². The molecule has 0 saturated carbocycles. The first-order chi connectivity index (χ1) is 9.47. The zero-order valence-corrected chi connectivity index (χ0v) is 12.3. The topological polar surface area (TPSA) is 34.6 Å². The Morgan fingerprint density at radius 2 is 1.85 bits per heavy atom. The second kappa shape index (κ2) is 4.40. The predicted molar refractivity (Wildman–Crippen MR) is 77.6 cm³/mol. The molecule has 1 aromatic carbocycles.